The number of hydrogen-bond acceptors (Lipinski definition) is 3. The van der Waals surface area contributed by atoms with Crippen molar-refractivity contribution in [3.8, 4) is 0 Å². The van der Waals surface area contributed by atoms with E-state index in [0.29, 0.717) is 0 Å². The number of nitrogens with zero attached hydrogens (tertiary/aromatic N) is 1. The molecule has 0 aliphatic rings. The first-order valence-electron chi connectivity index (χ1n) is 3.81. The van der Waals surface area contributed by atoms with Crippen molar-refractivity contribution in [3.05, 3.63) is 23.9 Å². The predicted octanol–water partition coefficient (Wildman–Crippen LogP) is -1.26. The molecule has 0 spiro atoms. The number of carboxylic acids is 1. The Morgan fingerprint density at radius 2 is 2.07 bits per heavy atom. The van der Waals surface area contributed by atoms with Gasteiger partial charge in [0.2, 0.25) is 0 Å². The number of rotatable bonds is 3. The Kier molecular flexibility index (Phi) is 2.66. The van der Waals surface area contributed by atoms with Crippen LogP contribution in [0.4, 0.5) is 5.82 Å². The van der Waals surface area contributed by atoms with Crippen LogP contribution in [0.3, 0.4) is 0 Å². The molecule has 6 heteroatoms. The molecule has 1 rings (SSSR count). The van der Waals surface area contributed by atoms with Crippen LogP contribution in [0.15, 0.2) is 18.3 Å². The van der Waals surface area contributed by atoms with Crippen molar-refractivity contribution in [2.24, 2.45) is 5.73 Å². The fourth-order valence-corrected chi connectivity index (χ4v) is 0.985. The molecule has 0 aromatic carbocycles. The lowest BCUT2D eigenvalue weighted by Crippen LogP contribution is -2.41. The molecule has 0 radical (unpaired) electrons. The summed E-state index contributed by atoms with van der Waals surface area (Å²) in [5, 5.41) is 8.53. The molecule has 0 aliphatic heterocycles. The number of nitrogen functional groups attached to an aromatic ring is 1. The minimum absolute atomic E-state index is 0.223. The van der Waals surface area contributed by atoms with Crippen LogP contribution in [-0.4, -0.2) is 17.0 Å². The van der Waals surface area contributed by atoms with Gasteiger partial charge in [0.1, 0.15) is 6.20 Å². The summed E-state index contributed by atoms with van der Waals surface area (Å²) in [5.74, 6) is -1.40. The first-order chi connectivity index (χ1) is 6.50. The molecule has 0 atom stereocenters. The predicted molar refractivity (Wildman–Crippen MR) is 47.2 cm³/mol. The number of carbonyl (C=O) groups is 2. The Morgan fingerprint density at radius 1 is 1.43 bits per heavy atom. The summed E-state index contributed by atoms with van der Waals surface area (Å²) in [6, 6.07) is 2.87. The molecule has 0 unspecified atom stereocenters. The van der Waals surface area contributed by atoms with E-state index in [1.807, 2.05) is 0 Å². The van der Waals surface area contributed by atoms with E-state index in [1.54, 1.807) is 0 Å². The number of anilines is 1. The first-order valence-corrected chi connectivity index (χ1v) is 3.81. The van der Waals surface area contributed by atoms with E-state index in [-0.39, 0.29) is 17.9 Å². The molecule has 74 valence electrons. The normalized spacial score (nSPS) is 9.71. The lowest BCUT2D eigenvalue weighted by atomic mass is 10.2. The molecule has 0 saturated heterocycles. The van der Waals surface area contributed by atoms with Crippen LogP contribution in [-0.2, 0) is 11.3 Å². The van der Waals surface area contributed by atoms with Crippen LogP contribution in [0.5, 0.6) is 0 Å². The largest absolute Gasteiger partial charge is 0.478 e. The number of aromatic nitrogens is 1. The van der Waals surface area contributed by atoms with Crippen molar-refractivity contribution < 1.29 is 19.3 Å². The second-order valence-corrected chi connectivity index (χ2v) is 2.73. The molecule has 14 heavy (non-hydrogen) atoms. The summed E-state index contributed by atoms with van der Waals surface area (Å²) in [4.78, 5) is 21.2. The molecule has 1 heterocycles. The monoisotopic (exact) mass is 196 g/mol. The SMILES string of the molecule is NC(=O)c1ccc(N)[n+](CC(=O)O)c1. The maximum Gasteiger partial charge on any atom is 0.346 e. The quantitative estimate of drug-likeness (QED) is 0.524. The summed E-state index contributed by atoms with van der Waals surface area (Å²) >= 11 is 0. The summed E-state index contributed by atoms with van der Waals surface area (Å²) in [6.07, 6.45) is 1.31. The summed E-state index contributed by atoms with van der Waals surface area (Å²) in [5.41, 5.74) is 10.7. The number of carbonyl (C=O) groups excluding carboxylic acids is 1. The van der Waals surface area contributed by atoms with Gasteiger partial charge in [0.25, 0.3) is 11.7 Å². The Hall–Kier alpha value is -2.11. The smallest absolute Gasteiger partial charge is 0.346 e. The Bertz CT molecular complexity index is 389. The van der Waals surface area contributed by atoms with Crippen molar-refractivity contribution in [3.63, 3.8) is 0 Å². The Balaban J connectivity index is 3.08. The van der Waals surface area contributed by atoms with Crippen molar-refractivity contribution in [1.82, 2.24) is 0 Å². The van der Waals surface area contributed by atoms with Gasteiger partial charge in [-0.3, -0.25) is 10.5 Å². The first kappa shape index (κ1) is 9.97. The van der Waals surface area contributed by atoms with Gasteiger partial charge in [0, 0.05) is 6.07 Å². The van der Waals surface area contributed by atoms with E-state index in [0.717, 1.165) is 0 Å². The standard InChI is InChI=1S/C8H9N3O3/c9-6-2-1-5(8(10)14)3-11(6)4-7(12)13/h1-3,9H,4H2,(H3,10,12,13,14)/p+1. The van der Waals surface area contributed by atoms with Gasteiger partial charge in [-0.15, -0.1) is 0 Å². The summed E-state index contributed by atoms with van der Waals surface area (Å²) < 4.78 is 1.24. The number of hydrogen-bond donors (Lipinski definition) is 3. The summed E-state index contributed by atoms with van der Waals surface area (Å²) in [7, 11) is 0. The summed E-state index contributed by atoms with van der Waals surface area (Å²) in [6.45, 7) is -0.299. The Labute approximate surface area is 79.8 Å². The van der Waals surface area contributed by atoms with Gasteiger partial charge in [-0.05, 0) is 6.07 Å². The zero-order valence-electron chi connectivity index (χ0n) is 7.30. The fourth-order valence-electron chi connectivity index (χ4n) is 0.985. The van der Waals surface area contributed by atoms with E-state index in [1.165, 1.54) is 22.9 Å². The average Bonchev–Trinajstić information content (AvgIpc) is 2.07. The molecule has 1 aromatic rings. The minimum atomic E-state index is -1.04. The number of pyridine rings is 1. The van der Waals surface area contributed by atoms with Crippen molar-refractivity contribution in [1.29, 1.82) is 0 Å². The number of aliphatic carboxylic acids is 1. The molecule has 1 amide bonds. The van der Waals surface area contributed by atoms with E-state index in [4.69, 9.17) is 16.6 Å². The van der Waals surface area contributed by atoms with Gasteiger partial charge < -0.3 is 10.8 Å². The van der Waals surface area contributed by atoms with Crippen LogP contribution in [0.2, 0.25) is 0 Å². The van der Waals surface area contributed by atoms with Crippen LogP contribution < -0.4 is 16.0 Å². The van der Waals surface area contributed by atoms with Gasteiger partial charge in [0.05, 0.1) is 5.56 Å². The third kappa shape index (κ3) is 2.19. The molecule has 0 fully saturated rings. The lowest BCUT2D eigenvalue weighted by molar-refractivity contribution is -0.671. The van der Waals surface area contributed by atoms with Crippen LogP contribution in [0.1, 0.15) is 10.4 Å². The van der Waals surface area contributed by atoms with Gasteiger partial charge >= 0.3 is 5.97 Å². The van der Waals surface area contributed by atoms with Crippen molar-refractivity contribution in [2.75, 3.05) is 5.73 Å². The van der Waals surface area contributed by atoms with Gasteiger partial charge in [-0.25, -0.2) is 9.36 Å². The van der Waals surface area contributed by atoms with E-state index >= 15 is 0 Å². The van der Waals surface area contributed by atoms with Crippen LogP contribution in [0.25, 0.3) is 0 Å². The van der Waals surface area contributed by atoms with E-state index < -0.39 is 11.9 Å². The van der Waals surface area contributed by atoms with Crippen molar-refractivity contribution in [2.45, 2.75) is 6.54 Å². The maximum absolute atomic E-state index is 10.8. The molecule has 0 bridgehead atoms. The molecule has 0 saturated carbocycles. The highest BCUT2D eigenvalue weighted by Gasteiger charge is 2.11. The zero-order valence-corrected chi connectivity index (χ0v) is 7.30. The maximum atomic E-state index is 10.8. The molecular formula is C8H10N3O3+. The topological polar surface area (TPSA) is 110 Å². The molecule has 6 nitrogen and oxygen atoms in total. The highest BCUT2D eigenvalue weighted by molar-refractivity contribution is 5.92. The van der Waals surface area contributed by atoms with Gasteiger partial charge in [-0.2, -0.15) is 0 Å². The molecule has 1 aromatic heterocycles. The molecule has 5 N–H and O–H groups in total. The number of carboxylic acid groups (broad SMARTS) is 1. The minimum Gasteiger partial charge on any atom is -0.478 e. The number of primary amides is 1. The van der Waals surface area contributed by atoms with Gasteiger partial charge in [-0.1, -0.05) is 0 Å². The zero-order chi connectivity index (χ0) is 10.7. The van der Waals surface area contributed by atoms with E-state index in [2.05, 4.69) is 0 Å². The highest BCUT2D eigenvalue weighted by Crippen LogP contribution is 1.98. The second kappa shape index (κ2) is 3.73. The number of nitrogens with two attached hydrogens (primary N) is 2. The molecule has 0 aliphatic carbocycles. The Morgan fingerprint density at radius 3 is 2.57 bits per heavy atom. The second-order valence-electron chi connectivity index (χ2n) is 2.73. The lowest BCUT2D eigenvalue weighted by Gasteiger charge is -2.01. The molecular weight excluding hydrogens is 186 g/mol. The average molecular weight is 196 g/mol. The third-order valence-corrected chi connectivity index (χ3v) is 1.65. The van der Waals surface area contributed by atoms with Crippen LogP contribution >= 0.6 is 0 Å². The van der Waals surface area contributed by atoms with E-state index in [9.17, 15) is 9.59 Å². The third-order valence-electron chi connectivity index (χ3n) is 1.65. The van der Waals surface area contributed by atoms with Crippen molar-refractivity contribution >= 4 is 17.7 Å². The van der Waals surface area contributed by atoms with Crippen LogP contribution in [0, 0.1) is 0 Å². The number of amides is 1. The van der Waals surface area contributed by atoms with Gasteiger partial charge in [0.15, 0.2) is 6.54 Å². The highest BCUT2D eigenvalue weighted by atomic mass is 16.4. The fraction of sp³-hybridized carbons (Fsp3) is 0.125.